The highest BCUT2D eigenvalue weighted by atomic mass is 31.2. The number of aliphatic hydroxyl groups excluding tert-OH is 2. The molecule has 2 aromatic heterocycles. The van der Waals surface area contributed by atoms with Crippen LogP contribution in [0.2, 0.25) is 0 Å². The number of hydrogen-bond donors (Lipinski definition) is 4. The van der Waals surface area contributed by atoms with E-state index in [1.165, 1.54) is 0 Å². The number of aliphatic hydroxyl groups is 3. The fraction of sp³-hybridized carbons (Fsp3) is 0.652. The van der Waals surface area contributed by atoms with Gasteiger partial charge in [0.25, 0.3) is 6.48 Å². The lowest BCUT2D eigenvalue weighted by Gasteiger charge is -2.31. The second kappa shape index (κ2) is 14.2. The molecule has 3 heterocycles. The van der Waals surface area contributed by atoms with Crippen LogP contribution in [-0.4, -0.2) is 104 Å². The molecule has 18 nitrogen and oxygen atoms in total. The summed E-state index contributed by atoms with van der Waals surface area (Å²) in [5, 5.41) is 32.0. The van der Waals surface area contributed by atoms with Gasteiger partial charge in [0, 0.05) is 0 Å². The van der Waals surface area contributed by atoms with Gasteiger partial charge in [-0.15, -0.1) is 6.42 Å². The van der Waals surface area contributed by atoms with Crippen LogP contribution in [0.4, 0.5) is 15.0 Å². The van der Waals surface area contributed by atoms with Gasteiger partial charge in [0.05, 0.1) is 25.1 Å². The number of aromatic nitrogens is 4. The van der Waals surface area contributed by atoms with Crippen LogP contribution in [0.3, 0.4) is 0 Å². The highest BCUT2D eigenvalue weighted by Gasteiger charge is 2.65. The van der Waals surface area contributed by atoms with Crippen molar-refractivity contribution < 1.29 is 66.3 Å². The number of halogens is 1. The number of terminal acetylenes is 1. The van der Waals surface area contributed by atoms with Crippen LogP contribution in [0.1, 0.15) is 33.9 Å². The Morgan fingerprint density at radius 2 is 1.93 bits per heavy atom. The topological polar surface area (TPSA) is 238 Å². The van der Waals surface area contributed by atoms with Crippen molar-refractivity contribution >= 4 is 31.0 Å². The maximum absolute atomic E-state index is 14.7. The van der Waals surface area contributed by atoms with Crippen LogP contribution < -0.4 is 5.73 Å². The van der Waals surface area contributed by atoms with Gasteiger partial charge >= 0.3 is 14.0 Å². The molecule has 0 bridgehead atoms. The summed E-state index contributed by atoms with van der Waals surface area (Å²) >= 11 is 0. The van der Waals surface area contributed by atoms with Crippen molar-refractivity contribution in [3.63, 3.8) is 0 Å². The number of carbonyl (C=O) groups excluding carboxylic acids is 1. The fourth-order valence-corrected chi connectivity index (χ4v) is 4.69. The van der Waals surface area contributed by atoms with Gasteiger partial charge in [-0.1, -0.05) is 5.92 Å². The monoisotopic (exact) mass is 637 g/mol. The van der Waals surface area contributed by atoms with Crippen LogP contribution in [0, 0.1) is 12.3 Å². The van der Waals surface area contributed by atoms with Gasteiger partial charge in [0.1, 0.15) is 24.6 Å². The third-order valence-corrected chi connectivity index (χ3v) is 7.02. The Balaban J connectivity index is 1.83. The molecule has 0 amide bonds. The molecule has 0 spiro atoms. The van der Waals surface area contributed by atoms with Crippen molar-refractivity contribution in [2.75, 3.05) is 32.6 Å². The first-order valence-electron chi connectivity index (χ1n) is 12.6. The Labute approximate surface area is 244 Å². The maximum atomic E-state index is 14.7. The number of hydrogen-bond acceptors (Lipinski definition) is 17. The molecule has 0 aliphatic carbocycles. The quantitative estimate of drug-likeness (QED) is 0.0910. The summed E-state index contributed by atoms with van der Waals surface area (Å²) in [5.74, 6) is 1.97. The van der Waals surface area contributed by atoms with Crippen LogP contribution in [0.25, 0.3) is 11.2 Å². The number of nitrogen functional groups attached to an aromatic ring is 1. The van der Waals surface area contributed by atoms with Gasteiger partial charge in [-0.25, -0.2) is 33.2 Å². The molecule has 3 rings (SSSR count). The molecule has 2 aromatic rings. The molecule has 1 aliphatic rings. The minimum atomic E-state index is -4.88. The number of phosphoric ester groups is 1. The van der Waals surface area contributed by atoms with Crippen LogP contribution in [0.15, 0.2) is 12.7 Å². The van der Waals surface area contributed by atoms with E-state index in [0.717, 1.165) is 17.2 Å². The van der Waals surface area contributed by atoms with Crippen molar-refractivity contribution in [3.05, 3.63) is 12.7 Å². The largest absolute Gasteiger partial charge is 0.510 e. The van der Waals surface area contributed by atoms with Crippen molar-refractivity contribution in [2.24, 2.45) is 0 Å². The molecule has 20 heteroatoms. The number of imidazole rings is 1. The molecule has 1 fully saturated rings. The van der Waals surface area contributed by atoms with Crippen LogP contribution in [0.5, 0.6) is 0 Å². The number of rotatable bonds is 15. The van der Waals surface area contributed by atoms with Gasteiger partial charge in [0.2, 0.25) is 6.79 Å². The van der Waals surface area contributed by atoms with E-state index < -0.39 is 83.1 Å². The molecule has 0 aromatic carbocycles. The first kappa shape index (κ1) is 34.5. The van der Waals surface area contributed by atoms with Crippen LogP contribution in [-0.2, 0) is 41.8 Å². The van der Waals surface area contributed by atoms with E-state index >= 15 is 0 Å². The third kappa shape index (κ3) is 7.93. The van der Waals surface area contributed by atoms with Gasteiger partial charge in [-0.3, -0.25) is 13.6 Å². The van der Waals surface area contributed by atoms with E-state index in [0.29, 0.717) is 0 Å². The van der Waals surface area contributed by atoms with Crippen molar-refractivity contribution in [3.8, 4) is 12.3 Å². The molecule has 1 saturated heterocycles. The second-order valence-corrected chi connectivity index (χ2v) is 11.2. The first-order chi connectivity index (χ1) is 20.2. The number of alkyl halides is 1. The Bertz CT molecular complexity index is 1340. The molecular formula is C23H33FN5O13P. The zero-order chi connectivity index (χ0) is 32.0. The number of carbonyl (C=O) groups is 1. The maximum Gasteiger partial charge on any atom is 0.510 e. The number of nitrogens with zero attached hydrogens (tertiary/aromatic N) is 4. The Morgan fingerprint density at radius 1 is 1.23 bits per heavy atom. The van der Waals surface area contributed by atoms with Crippen molar-refractivity contribution in [1.82, 2.24) is 19.5 Å². The third-order valence-electron chi connectivity index (χ3n) is 5.73. The smallest absolute Gasteiger partial charge is 0.432 e. The van der Waals surface area contributed by atoms with Gasteiger partial charge in [0.15, 0.2) is 35.7 Å². The Morgan fingerprint density at radius 3 is 2.56 bits per heavy atom. The molecule has 43 heavy (non-hydrogen) atoms. The Hall–Kier alpha value is -3.02. The molecule has 0 radical (unpaired) electrons. The molecule has 240 valence electrons. The van der Waals surface area contributed by atoms with E-state index in [4.69, 9.17) is 44.7 Å². The van der Waals surface area contributed by atoms with E-state index in [1.807, 2.05) is 5.92 Å². The molecule has 6 atom stereocenters. The van der Waals surface area contributed by atoms with Gasteiger partial charge in [-0.05, 0) is 27.7 Å². The van der Waals surface area contributed by atoms with Gasteiger partial charge in [-0.2, -0.15) is 0 Å². The molecule has 1 aliphatic heterocycles. The molecule has 5 N–H and O–H groups in total. The fourth-order valence-electron chi connectivity index (χ4n) is 3.72. The SMILES string of the molecule is C#C[C@@]1(O)[C@H](O)[C@@](CF)(COP(=O)(OCOC(=O)OC(C)C)OCOC(O)OC(C)C)O[C@H]1n1cnc2c(N)ncnc21. The highest BCUT2D eigenvalue weighted by Crippen LogP contribution is 2.53. The zero-order valence-corrected chi connectivity index (χ0v) is 24.5. The predicted molar refractivity (Wildman–Crippen MR) is 140 cm³/mol. The number of phosphoric acid groups is 1. The van der Waals surface area contributed by atoms with Crippen molar-refractivity contribution in [2.45, 2.75) is 69.9 Å². The number of anilines is 1. The van der Waals surface area contributed by atoms with Gasteiger partial charge < -0.3 is 44.7 Å². The summed E-state index contributed by atoms with van der Waals surface area (Å²) in [6.45, 7) is -0.196. The van der Waals surface area contributed by atoms with Crippen LogP contribution >= 0.6 is 7.82 Å². The lowest BCUT2D eigenvalue weighted by molar-refractivity contribution is -0.295. The summed E-state index contributed by atoms with van der Waals surface area (Å²) in [6, 6.07) is 0. The second-order valence-electron chi connectivity index (χ2n) is 9.56. The van der Waals surface area contributed by atoms with E-state index in [9.17, 15) is 29.1 Å². The number of fused-ring (bicyclic) bond motifs is 1. The first-order valence-corrected chi connectivity index (χ1v) is 14.0. The summed E-state index contributed by atoms with van der Waals surface area (Å²) in [6.07, 6.45) is 1.63. The summed E-state index contributed by atoms with van der Waals surface area (Å²) < 4.78 is 69.2. The number of nitrogens with two attached hydrogens (primary N) is 1. The minimum Gasteiger partial charge on any atom is -0.432 e. The highest BCUT2D eigenvalue weighted by molar-refractivity contribution is 7.48. The van der Waals surface area contributed by atoms with E-state index in [2.05, 4.69) is 19.7 Å². The molecule has 2 unspecified atom stereocenters. The minimum absolute atomic E-state index is 0.0208. The van der Waals surface area contributed by atoms with Crippen molar-refractivity contribution in [1.29, 1.82) is 0 Å². The average molecular weight is 638 g/mol. The lowest BCUT2D eigenvalue weighted by Crippen LogP contribution is -2.53. The summed E-state index contributed by atoms with van der Waals surface area (Å²) in [5.41, 5.74) is 0.829. The standard InChI is InChI=1S/C23H33FN5O13P/c1-6-23(33)18(30)22(7-24,42-19(23)29-10-28-15-16(25)26-9-27-17(15)29)8-37-43(34,38-11-35-20(31)40-13(2)3)39-12-36-21(32)41-14(4)5/h1,9-10,13-14,18-20,30-31,33H,7-8,11-12H2,2-5H3,(H2,25,26,27)/t18-,19-,20?,22-,23-,43?/m1/s1. The molecular weight excluding hydrogens is 604 g/mol. The number of ether oxygens (including phenoxy) is 5. The summed E-state index contributed by atoms with van der Waals surface area (Å²) in [4.78, 5) is 23.5. The predicted octanol–water partition coefficient (Wildman–Crippen LogP) is 0.723. The molecule has 0 saturated carbocycles. The average Bonchev–Trinajstić information content (AvgIpc) is 3.45. The van der Waals surface area contributed by atoms with E-state index in [-0.39, 0.29) is 17.0 Å². The lowest BCUT2D eigenvalue weighted by atomic mass is 9.87. The van der Waals surface area contributed by atoms with E-state index in [1.54, 1.807) is 27.7 Å². The summed E-state index contributed by atoms with van der Waals surface area (Å²) in [7, 11) is -4.88. The zero-order valence-electron chi connectivity index (χ0n) is 23.6. The normalized spacial score (nSPS) is 26.0. The Kier molecular flexibility index (Phi) is 11.4.